The molecule has 2 fully saturated rings. The molecular formula is C25H33BFN5O3. The molecule has 1 aliphatic carbocycles. The van der Waals surface area contributed by atoms with Gasteiger partial charge in [-0.1, -0.05) is 12.1 Å². The summed E-state index contributed by atoms with van der Waals surface area (Å²) in [6.07, 6.45) is 8.82. The van der Waals surface area contributed by atoms with Gasteiger partial charge in [-0.15, -0.1) is 0 Å². The van der Waals surface area contributed by atoms with Crippen molar-refractivity contribution in [2.45, 2.75) is 76.7 Å². The average molecular weight is 481 g/mol. The first kappa shape index (κ1) is 24.0. The van der Waals surface area contributed by atoms with Crippen LogP contribution in [0.25, 0.3) is 5.82 Å². The third-order valence-corrected chi connectivity index (χ3v) is 8.39. The summed E-state index contributed by atoms with van der Waals surface area (Å²) in [6, 6.07) is 3.58. The van der Waals surface area contributed by atoms with Crippen molar-refractivity contribution in [3.05, 3.63) is 53.7 Å². The Bertz CT molecular complexity index is 1150. The molecule has 0 bridgehead atoms. The Kier molecular flexibility index (Phi) is 5.60. The minimum absolute atomic E-state index is 0.0169. The van der Waals surface area contributed by atoms with Crippen molar-refractivity contribution in [2.24, 2.45) is 0 Å². The van der Waals surface area contributed by atoms with Gasteiger partial charge in [0, 0.05) is 19.8 Å². The molecule has 5 rings (SSSR count). The maximum Gasteiger partial charge on any atom is 0.490 e. The molecule has 2 aliphatic heterocycles. The quantitative estimate of drug-likeness (QED) is 0.609. The lowest BCUT2D eigenvalue weighted by atomic mass is 9.68. The summed E-state index contributed by atoms with van der Waals surface area (Å²) in [4.78, 5) is 21.5. The van der Waals surface area contributed by atoms with Gasteiger partial charge in [0.15, 0.2) is 11.6 Å². The van der Waals surface area contributed by atoms with Crippen LogP contribution in [-0.2, 0) is 9.31 Å². The number of rotatable bonds is 4. The first-order valence-electron chi connectivity index (χ1n) is 12.2. The highest BCUT2D eigenvalue weighted by atomic mass is 19.1. The topological polar surface area (TPSA) is 72.7 Å². The molecule has 0 saturated carbocycles. The third kappa shape index (κ3) is 3.96. The first-order valence-corrected chi connectivity index (χ1v) is 12.2. The molecule has 2 aromatic rings. The van der Waals surface area contributed by atoms with E-state index in [0.29, 0.717) is 12.4 Å². The lowest BCUT2D eigenvalue weighted by Gasteiger charge is -2.37. The highest BCUT2D eigenvalue weighted by Gasteiger charge is 2.55. The van der Waals surface area contributed by atoms with E-state index in [9.17, 15) is 9.18 Å². The van der Waals surface area contributed by atoms with Crippen molar-refractivity contribution in [1.29, 1.82) is 0 Å². The number of nitrogens with zero attached hydrogens (tertiary/aromatic N) is 5. The van der Waals surface area contributed by atoms with Gasteiger partial charge in [0.25, 0.3) is 0 Å². The summed E-state index contributed by atoms with van der Waals surface area (Å²) in [6.45, 7) is 10.9. The van der Waals surface area contributed by atoms with Crippen LogP contribution in [0.3, 0.4) is 0 Å². The zero-order valence-corrected chi connectivity index (χ0v) is 21.3. The highest BCUT2D eigenvalue weighted by molar-refractivity contribution is 6.54. The van der Waals surface area contributed by atoms with Crippen LogP contribution >= 0.6 is 0 Å². The molecule has 4 heterocycles. The highest BCUT2D eigenvalue weighted by Crippen LogP contribution is 2.44. The number of hydrogen-bond donors (Lipinski definition) is 0. The minimum atomic E-state index is -0.414. The van der Waals surface area contributed by atoms with Gasteiger partial charge in [0.05, 0.1) is 35.2 Å². The monoisotopic (exact) mass is 481 g/mol. The molecule has 8 nitrogen and oxygen atoms in total. The number of halogens is 1. The molecule has 1 spiro atoms. The number of urea groups is 1. The van der Waals surface area contributed by atoms with Crippen molar-refractivity contribution >= 4 is 13.1 Å². The van der Waals surface area contributed by atoms with Crippen LogP contribution in [0, 0.1) is 5.82 Å². The average Bonchev–Trinajstić information content (AvgIpc) is 3.42. The van der Waals surface area contributed by atoms with Crippen molar-refractivity contribution in [2.75, 3.05) is 13.6 Å². The van der Waals surface area contributed by atoms with Crippen molar-refractivity contribution in [1.82, 2.24) is 24.6 Å². The summed E-state index contributed by atoms with van der Waals surface area (Å²) in [5.41, 5.74) is 1.10. The summed E-state index contributed by atoms with van der Waals surface area (Å²) < 4.78 is 27.2. The Labute approximate surface area is 206 Å². The fraction of sp³-hybridized carbons (Fsp3) is 0.560. The van der Waals surface area contributed by atoms with E-state index in [2.05, 4.69) is 43.9 Å². The Balaban J connectivity index is 1.29. The molecule has 0 radical (unpaired) electrons. The molecule has 2 saturated heterocycles. The van der Waals surface area contributed by atoms with Gasteiger partial charge >= 0.3 is 13.1 Å². The number of carbonyl (C=O) groups is 1. The molecule has 2 unspecified atom stereocenters. The van der Waals surface area contributed by atoms with Gasteiger partial charge in [0.2, 0.25) is 0 Å². The first-order chi connectivity index (χ1) is 16.4. The number of pyridine rings is 1. The predicted octanol–water partition coefficient (Wildman–Crippen LogP) is 4.32. The molecule has 0 aromatic carbocycles. The van der Waals surface area contributed by atoms with E-state index in [0.717, 1.165) is 36.5 Å². The largest absolute Gasteiger partial charge is 0.490 e. The van der Waals surface area contributed by atoms with Gasteiger partial charge in [-0.25, -0.2) is 18.9 Å². The van der Waals surface area contributed by atoms with E-state index in [-0.39, 0.29) is 35.9 Å². The molecule has 2 atom stereocenters. The van der Waals surface area contributed by atoms with Gasteiger partial charge in [-0.3, -0.25) is 0 Å². The van der Waals surface area contributed by atoms with Gasteiger partial charge < -0.3 is 19.1 Å². The predicted molar refractivity (Wildman–Crippen MR) is 130 cm³/mol. The standard InChI is InChI=1S/C25H33BFN5O3/c1-17(18-7-8-21(28-13-18)32-15-20(27)14-29-32)31-16-25(30(6)22(31)33)11-9-19(10-12-25)26-34-23(2,3)24(4,5)35-26/h7-9,13-15,17H,10-12,16H2,1-6H3. The van der Waals surface area contributed by atoms with Crippen molar-refractivity contribution < 1.29 is 18.5 Å². The van der Waals surface area contributed by atoms with Crippen LogP contribution in [0.5, 0.6) is 0 Å². The molecule has 3 aliphatic rings. The van der Waals surface area contributed by atoms with Gasteiger partial charge in [0.1, 0.15) is 0 Å². The van der Waals surface area contributed by atoms with Crippen LogP contribution < -0.4 is 0 Å². The number of likely N-dealkylation sites (N-methyl/N-ethyl adjacent to an activating group) is 1. The lowest BCUT2D eigenvalue weighted by molar-refractivity contribution is 0.00578. The molecule has 2 amide bonds. The number of aromatic nitrogens is 3. The lowest BCUT2D eigenvalue weighted by Crippen LogP contribution is -2.46. The normalized spacial score (nSPS) is 26.5. The second kappa shape index (κ2) is 8.16. The van der Waals surface area contributed by atoms with E-state index < -0.39 is 5.82 Å². The Hall–Kier alpha value is -2.72. The maximum atomic E-state index is 13.3. The zero-order valence-electron chi connectivity index (χ0n) is 21.3. The van der Waals surface area contributed by atoms with E-state index >= 15 is 0 Å². The SMILES string of the molecule is CC(c1ccc(-n2cc(F)cn2)nc1)N1CC2(CC=C(B3OC(C)(C)C(C)(C)O3)CC2)N(C)C1=O. The summed E-state index contributed by atoms with van der Waals surface area (Å²) >= 11 is 0. The van der Waals surface area contributed by atoms with Crippen LogP contribution in [-0.4, -0.2) is 68.0 Å². The third-order valence-electron chi connectivity index (χ3n) is 8.39. The molecule has 10 heteroatoms. The van der Waals surface area contributed by atoms with Crippen LogP contribution in [0.1, 0.15) is 65.5 Å². The molecule has 2 aromatic heterocycles. The van der Waals surface area contributed by atoms with E-state index in [4.69, 9.17) is 9.31 Å². The van der Waals surface area contributed by atoms with E-state index in [1.165, 1.54) is 10.9 Å². The zero-order chi connectivity index (χ0) is 25.2. The van der Waals surface area contributed by atoms with E-state index in [1.807, 2.05) is 29.8 Å². The minimum Gasteiger partial charge on any atom is -0.400 e. The second-order valence-corrected chi connectivity index (χ2v) is 11.0. The Morgan fingerprint density at radius 3 is 2.40 bits per heavy atom. The van der Waals surface area contributed by atoms with E-state index in [1.54, 1.807) is 12.3 Å². The molecular weight excluding hydrogens is 448 g/mol. The van der Waals surface area contributed by atoms with Crippen LogP contribution in [0.4, 0.5) is 9.18 Å². The van der Waals surface area contributed by atoms with Crippen LogP contribution in [0.15, 0.2) is 42.3 Å². The molecule has 35 heavy (non-hydrogen) atoms. The fourth-order valence-electron chi connectivity index (χ4n) is 5.13. The summed E-state index contributed by atoms with van der Waals surface area (Å²) in [5.74, 6) is 0.113. The summed E-state index contributed by atoms with van der Waals surface area (Å²) in [7, 11) is 1.57. The van der Waals surface area contributed by atoms with Crippen molar-refractivity contribution in [3.8, 4) is 5.82 Å². The second-order valence-electron chi connectivity index (χ2n) is 11.0. The number of allylic oxidation sites excluding steroid dienone is 1. The van der Waals surface area contributed by atoms with Crippen LogP contribution in [0.2, 0.25) is 0 Å². The number of hydrogen-bond acceptors (Lipinski definition) is 5. The Morgan fingerprint density at radius 1 is 1.14 bits per heavy atom. The number of amides is 2. The molecule has 0 N–H and O–H groups in total. The maximum absolute atomic E-state index is 13.3. The van der Waals surface area contributed by atoms with Crippen molar-refractivity contribution in [3.63, 3.8) is 0 Å². The summed E-state index contributed by atoms with van der Waals surface area (Å²) in [5, 5.41) is 3.95. The molecule has 186 valence electrons. The number of carbonyl (C=O) groups excluding carboxylic acids is 1. The smallest absolute Gasteiger partial charge is 0.400 e. The Morgan fingerprint density at radius 2 is 1.86 bits per heavy atom. The fourth-order valence-corrected chi connectivity index (χ4v) is 5.13. The van der Waals surface area contributed by atoms with Gasteiger partial charge in [-0.05, 0) is 71.0 Å². The van der Waals surface area contributed by atoms with Gasteiger partial charge in [-0.2, -0.15) is 5.10 Å².